The van der Waals surface area contributed by atoms with Crippen molar-refractivity contribution in [2.45, 2.75) is 6.04 Å². The van der Waals surface area contributed by atoms with Crippen LogP contribution in [-0.2, 0) is 0 Å². The Morgan fingerprint density at radius 2 is 1.21 bits per heavy atom. The fourth-order valence-corrected chi connectivity index (χ4v) is 7.95. The van der Waals surface area contributed by atoms with Crippen molar-refractivity contribution in [3.05, 3.63) is 205 Å². The SMILES string of the molecule is C=C1/C=C\C=C(\C2NN(c3ccc(Nc4ccc5ccccc5c4-c4cccc5ccccc45)c4ccccc34)c3ccccc32)Oc2ccccc21. The summed E-state index contributed by atoms with van der Waals surface area (Å²) in [6, 6.07) is 57.8. The molecule has 1 unspecified atom stereocenters. The highest BCUT2D eigenvalue weighted by atomic mass is 16.5. The standard InChI is InChI=1S/C49H35N3O/c1-32-14-12-27-47(53-46-26-11-9-18-35(32)46)49-41-23-8-10-25-44(41)52(51-49)45-31-30-42(38-21-6-7-22-39(38)45)50-43-29-28-34-16-3-5-20-37(34)48(43)40-24-13-17-33-15-2-4-19-36(33)40/h2-31,49-51H,1H2/b14-12-,47-27-. The summed E-state index contributed by atoms with van der Waals surface area (Å²) in [5.41, 5.74) is 13.5. The van der Waals surface area contributed by atoms with Crippen molar-refractivity contribution in [1.29, 1.82) is 0 Å². The fourth-order valence-electron chi connectivity index (χ4n) is 7.95. The maximum Gasteiger partial charge on any atom is 0.134 e. The minimum absolute atomic E-state index is 0.201. The normalized spacial score (nSPS) is 16.7. The Morgan fingerprint density at radius 3 is 2.09 bits per heavy atom. The zero-order valence-electron chi connectivity index (χ0n) is 29.0. The predicted octanol–water partition coefficient (Wildman–Crippen LogP) is 12.8. The van der Waals surface area contributed by atoms with Gasteiger partial charge >= 0.3 is 0 Å². The molecular formula is C49H35N3O. The van der Waals surface area contributed by atoms with Gasteiger partial charge in [0.25, 0.3) is 0 Å². The van der Waals surface area contributed by atoms with Crippen LogP contribution in [-0.4, -0.2) is 0 Å². The van der Waals surface area contributed by atoms with Crippen LogP contribution in [0.2, 0.25) is 0 Å². The monoisotopic (exact) mass is 681 g/mol. The van der Waals surface area contributed by atoms with Gasteiger partial charge in [-0.15, -0.1) is 0 Å². The first-order valence-electron chi connectivity index (χ1n) is 18.0. The Morgan fingerprint density at radius 1 is 0.547 bits per heavy atom. The van der Waals surface area contributed by atoms with Gasteiger partial charge in [-0.2, -0.15) is 0 Å². The second-order valence-electron chi connectivity index (χ2n) is 13.5. The molecule has 4 nitrogen and oxygen atoms in total. The first kappa shape index (κ1) is 30.9. The van der Waals surface area contributed by atoms with Crippen molar-refractivity contribution in [1.82, 2.24) is 5.43 Å². The van der Waals surface area contributed by atoms with Gasteiger partial charge in [0.1, 0.15) is 17.6 Å². The first-order chi connectivity index (χ1) is 26.2. The highest BCUT2D eigenvalue weighted by molar-refractivity contribution is 6.12. The van der Waals surface area contributed by atoms with Crippen molar-refractivity contribution in [3.8, 4) is 16.9 Å². The third kappa shape index (κ3) is 5.27. The van der Waals surface area contributed by atoms with Gasteiger partial charge in [-0.3, -0.25) is 5.01 Å². The number of benzene rings is 8. The highest BCUT2D eigenvalue weighted by Gasteiger charge is 2.34. The van der Waals surface area contributed by atoms with E-state index in [0.29, 0.717) is 0 Å². The van der Waals surface area contributed by atoms with E-state index in [0.717, 1.165) is 61.7 Å². The lowest BCUT2D eigenvalue weighted by atomic mass is 9.92. The van der Waals surface area contributed by atoms with Crippen molar-refractivity contribution in [2.75, 3.05) is 10.3 Å². The van der Waals surface area contributed by atoms with Crippen LogP contribution in [0.1, 0.15) is 17.2 Å². The Kier molecular flexibility index (Phi) is 7.41. The fraction of sp³-hybridized carbons (Fsp3) is 0.0204. The lowest BCUT2D eigenvalue weighted by Crippen LogP contribution is -2.32. The number of ether oxygens (including phenoxy) is 1. The molecule has 4 heteroatoms. The molecule has 53 heavy (non-hydrogen) atoms. The number of nitrogens with zero attached hydrogens (tertiary/aromatic N) is 1. The van der Waals surface area contributed by atoms with E-state index in [-0.39, 0.29) is 6.04 Å². The van der Waals surface area contributed by atoms with Gasteiger partial charge in [0.05, 0.1) is 11.4 Å². The lowest BCUT2D eigenvalue weighted by molar-refractivity contribution is 0.367. The minimum atomic E-state index is -0.201. The molecule has 0 fully saturated rings. The number of nitrogens with one attached hydrogen (secondary N) is 2. The molecule has 0 aliphatic carbocycles. The van der Waals surface area contributed by atoms with Crippen molar-refractivity contribution in [2.24, 2.45) is 0 Å². The second-order valence-corrected chi connectivity index (χ2v) is 13.5. The Labute approximate surface area is 308 Å². The van der Waals surface area contributed by atoms with E-state index in [4.69, 9.17) is 4.74 Å². The van der Waals surface area contributed by atoms with Gasteiger partial charge in [0, 0.05) is 38.8 Å². The minimum Gasteiger partial charge on any atom is -0.459 e. The number of fused-ring (bicyclic) bond motifs is 5. The van der Waals surface area contributed by atoms with Gasteiger partial charge < -0.3 is 10.1 Å². The highest BCUT2D eigenvalue weighted by Crippen LogP contribution is 2.46. The average molecular weight is 682 g/mol. The molecule has 0 saturated carbocycles. The number of hydrogen-bond acceptors (Lipinski definition) is 4. The molecule has 8 aromatic carbocycles. The van der Waals surface area contributed by atoms with Gasteiger partial charge in [-0.1, -0.05) is 152 Å². The average Bonchev–Trinajstić information content (AvgIpc) is 3.59. The van der Waals surface area contributed by atoms with Crippen LogP contribution >= 0.6 is 0 Å². The largest absolute Gasteiger partial charge is 0.459 e. The molecule has 0 bridgehead atoms. The molecule has 1 atom stereocenters. The number of anilines is 4. The number of allylic oxidation sites excluding steroid dienone is 4. The van der Waals surface area contributed by atoms with Gasteiger partial charge in [0.15, 0.2) is 0 Å². The summed E-state index contributed by atoms with van der Waals surface area (Å²) in [6.45, 7) is 4.25. The van der Waals surface area contributed by atoms with Crippen LogP contribution in [0.25, 0.3) is 49.0 Å². The van der Waals surface area contributed by atoms with Crippen LogP contribution in [0.15, 0.2) is 194 Å². The van der Waals surface area contributed by atoms with E-state index < -0.39 is 0 Å². The topological polar surface area (TPSA) is 36.5 Å². The molecule has 2 aliphatic heterocycles. The van der Waals surface area contributed by atoms with Crippen molar-refractivity contribution in [3.63, 3.8) is 0 Å². The van der Waals surface area contributed by atoms with E-state index in [9.17, 15) is 0 Å². The van der Waals surface area contributed by atoms with Crippen LogP contribution in [0.4, 0.5) is 22.7 Å². The third-order valence-electron chi connectivity index (χ3n) is 10.4. The second kappa shape index (κ2) is 12.7. The molecule has 2 aliphatic rings. The summed E-state index contributed by atoms with van der Waals surface area (Å²) in [7, 11) is 0. The quantitative estimate of drug-likeness (QED) is 0.190. The van der Waals surface area contributed by atoms with E-state index in [1.165, 1.54) is 32.7 Å². The van der Waals surface area contributed by atoms with Gasteiger partial charge in [-0.25, -0.2) is 5.43 Å². The van der Waals surface area contributed by atoms with Crippen molar-refractivity contribution >= 4 is 60.6 Å². The summed E-state index contributed by atoms with van der Waals surface area (Å²) in [4.78, 5) is 0. The molecule has 0 aromatic heterocycles. The number of hydrogen-bond donors (Lipinski definition) is 2. The molecule has 0 radical (unpaired) electrons. The first-order valence-corrected chi connectivity index (χ1v) is 18.0. The van der Waals surface area contributed by atoms with E-state index in [1.807, 2.05) is 36.4 Å². The summed E-state index contributed by atoms with van der Waals surface area (Å²) in [5.74, 6) is 1.61. The Hall–Kier alpha value is -6.88. The zero-order chi connectivity index (χ0) is 35.3. The van der Waals surface area contributed by atoms with E-state index in [2.05, 4.69) is 168 Å². The molecule has 0 amide bonds. The maximum absolute atomic E-state index is 6.66. The predicted molar refractivity (Wildman–Crippen MR) is 222 cm³/mol. The molecule has 252 valence electrons. The zero-order valence-corrected chi connectivity index (χ0v) is 29.0. The number of rotatable bonds is 5. The molecule has 0 spiro atoms. The molecule has 8 aromatic rings. The summed E-state index contributed by atoms with van der Waals surface area (Å²) >= 11 is 0. The Bertz CT molecular complexity index is 2810. The van der Waals surface area contributed by atoms with Crippen molar-refractivity contribution < 1.29 is 4.74 Å². The van der Waals surface area contributed by atoms with Crippen LogP contribution in [0.3, 0.4) is 0 Å². The number of hydrazine groups is 1. The Balaban J connectivity index is 1.07. The molecular weight excluding hydrogens is 647 g/mol. The van der Waals surface area contributed by atoms with Crippen LogP contribution in [0, 0.1) is 0 Å². The molecule has 10 rings (SSSR count). The van der Waals surface area contributed by atoms with Crippen LogP contribution in [0.5, 0.6) is 5.75 Å². The smallest absolute Gasteiger partial charge is 0.134 e. The maximum atomic E-state index is 6.66. The summed E-state index contributed by atoms with van der Waals surface area (Å²) in [6.07, 6.45) is 6.11. The lowest BCUT2D eigenvalue weighted by Gasteiger charge is -2.25. The summed E-state index contributed by atoms with van der Waals surface area (Å²) < 4.78 is 6.66. The van der Waals surface area contributed by atoms with Gasteiger partial charge in [-0.05, 0) is 69.1 Å². The molecule has 2 N–H and O–H groups in total. The molecule has 0 saturated heterocycles. The van der Waals surface area contributed by atoms with Gasteiger partial charge in [0.2, 0.25) is 0 Å². The third-order valence-corrected chi connectivity index (χ3v) is 10.4. The van der Waals surface area contributed by atoms with E-state index >= 15 is 0 Å². The number of para-hydroxylation sites is 2. The van der Waals surface area contributed by atoms with E-state index in [1.54, 1.807) is 0 Å². The summed E-state index contributed by atoms with van der Waals surface area (Å²) in [5, 5.41) is 13.3. The van der Waals surface area contributed by atoms with Crippen LogP contribution < -0.4 is 20.5 Å². The molecule has 2 heterocycles.